The summed E-state index contributed by atoms with van der Waals surface area (Å²) in [7, 11) is 0. The zero-order chi connectivity index (χ0) is 17.6. The van der Waals surface area contributed by atoms with Gasteiger partial charge in [0.2, 0.25) is 0 Å². The quantitative estimate of drug-likeness (QED) is 0.351. The zero-order valence-electron chi connectivity index (χ0n) is 12.9. The molecule has 3 rings (SSSR count). The van der Waals surface area contributed by atoms with Gasteiger partial charge in [-0.05, 0) is 12.5 Å². The largest absolute Gasteiger partial charge is 0.394 e. The summed E-state index contributed by atoms with van der Waals surface area (Å²) in [4.78, 5) is 8.04. The van der Waals surface area contributed by atoms with E-state index in [0.717, 1.165) is 5.56 Å². The third-order valence-electron chi connectivity index (χ3n) is 4.32. The second kappa shape index (κ2) is 6.24. The Balaban J connectivity index is 2.12. The Morgan fingerprint density at radius 3 is 2.46 bits per heavy atom. The van der Waals surface area contributed by atoms with Crippen LogP contribution in [0.2, 0.25) is 0 Å². The first-order valence-corrected chi connectivity index (χ1v) is 7.43. The minimum absolute atomic E-state index is 0.249. The van der Waals surface area contributed by atoms with E-state index in [9.17, 15) is 25.5 Å². The van der Waals surface area contributed by atoms with E-state index in [0.29, 0.717) is 11.0 Å². The molecule has 10 nitrogen and oxygen atoms in total. The van der Waals surface area contributed by atoms with Crippen LogP contribution in [0.3, 0.4) is 0 Å². The molecule has 24 heavy (non-hydrogen) atoms. The Morgan fingerprint density at radius 1 is 1.12 bits per heavy atom. The van der Waals surface area contributed by atoms with Gasteiger partial charge in [-0.2, -0.15) is 0 Å². The van der Waals surface area contributed by atoms with E-state index in [4.69, 9.17) is 10.5 Å². The molecule has 0 aromatic carbocycles. The highest BCUT2D eigenvalue weighted by molar-refractivity contribution is 5.89. The van der Waals surface area contributed by atoms with E-state index < -0.39 is 43.4 Å². The van der Waals surface area contributed by atoms with Gasteiger partial charge in [0.25, 0.3) is 0 Å². The first kappa shape index (κ1) is 17.0. The average molecular weight is 340 g/mol. The molecule has 10 heteroatoms. The van der Waals surface area contributed by atoms with Gasteiger partial charge in [0.05, 0.1) is 12.0 Å². The molecule has 2 aromatic rings. The van der Waals surface area contributed by atoms with E-state index in [2.05, 4.69) is 9.97 Å². The fourth-order valence-electron chi connectivity index (χ4n) is 3.01. The molecule has 1 saturated heterocycles. The number of aryl methyl sites for hydroxylation is 1. The summed E-state index contributed by atoms with van der Waals surface area (Å²) in [5.74, 6) is 0.249. The number of nitrogen functional groups attached to an aromatic ring is 1. The van der Waals surface area contributed by atoms with E-state index >= 15 is 0 Å². The van der Waals surface area contributed by atoms with Gasteiger partial charge in [0.15, 0.2) is 6.23 Å². The molecule has 0 radical (unpaired) electrons. The van der Waals surface area contributed by atoms with Gasteiger partial charge >= 0.3 is 0 Å². The summed E-state index contributed by atoms with van der Waals surface area (Å²) in [5, 5.41) is 50.3. The molecule has 1 aliphatic heterocycles. The van der Waals surface area contributed by atoms with Crippen molar-refractivity contribution in [1.82, 2.24) is 14.5 Å². The predicted molar refractivity (Wildman–Crippen MR) is 81.7 cm³/mol. The number of ether oxygens (including phenoxy) is 1. The van der Waals surface area contributed by atoms with Crippen LogP contribution in [0.5, 0.6) is 0 Å². The van der Waals surface area contributed by atoms with Crippen LogP contribution < -0.4 is 5.73 Å². The normalized spacial score (nSPS) is 34.4. The van der Waals surface area contributed by atoms with Gasteiger partial charge in [-0.25, -0.2) is 9.97 Å². The minimum atomic E-state index is -1.68. The van der Waals surface area contributed by atoms with Gasteiger partial charge in [0, 0.05) is 6.20 Å². The van der Waals surface area contributed by atoms with Crippen LogP contribution in [0.15, 0.2) is 12.5 Å². The lowest BCUT2D eigenvalue weighted by Gasteiger charge is -2.27. The number of hydrogen-bond donors (Lipinski definition) is 6. The number of aromatic nitrogens is 3. The molecule has 0 spiro atoms. The zero-order valence-corrected chi connectivity index (χ0v) is 12.9. The van der Waals surface area contributed by atoms with Crippen LogP contribution in [0.1, 0.15) is 11.8 Å². The third-order valence-corrected chi connectivity index (χ3v) is 4.32. The van der Waals surface area contributed by atoms with E-state index in [1.807, 2.05) is 0 Å². The summed E-state index contributed by atoms with van der Waals surface area (Å²) < 4.78 is 7.00. The Bertz CT molecular complexity index is 735. The molecule has 0 bridgehead atoms. The SMILES string of the molecule is Cc1cn([C@@H]2OC(CO)[C@H](O)[C@H](O)C(O)C2O)c2ncnc(N)c12. The smallest absolute Gasteiger partial charge is 0.164 e. The van der Waals surface area contributed by atoms with Crippen LogP contribution in [-0.4, -0.2) is 77.2 Å². The fourth-order valence-corrected chi connectivity index (χ4v) is 3.01. The highest BCUT2D eigenvalue weighted by atomic mass is 16.6. The molecule has 2 aromatic heterocycles. The average Bonchev–Trinajstić information content (AvgIpc) is 2.88. The minimum Gasteiger partial charge on any atom is -0.394 e. The molecule has 1 fully saturated rings. The van der Waals surface area contributed by atoms with Crippen molar-refractivity contribution in [2.75, 3.05) is 12.3 Å². The first-order valence-electron chi connectivity index (χ1n) is 7.43. The van der Waals surface area contributed by atoms with Crippen molar-refractivity contribution < 1.29 is 30.3 Å². The maximum absolute atomic E-state index is 10.4. The Hall–Kier alpha value is -1.82. The highest BCUT2D eigenvalue weighted by Gasteiger charge is 2.45. The lowest BCUT2D eigenvalue weighted by Crippen LogP contribution is -2.47. The summed E-state index contributed by atoms with van der Waals surface area (Å²) in [6, 6.07) is 0. The summed E-state index contributed by atoms with van der Waals surface area (Å²) in [6.45, 7) is 1.16. The molecule has 7 N–H and O–H groups in total. The Kier molecular flexibility index (Phi) is 4.42. The topological polar surface area (TPSA) is 167 Å². The van der Waals surface area contributed by atoms with E-state index in [1.54, 1.807) is 13.1 Å². The molecule has 3 heterocycles. The Labute approximate surface area is 136 Å². The maximum atomic E-state index is 10.4. The van der Waals surface area contributed by atoms with Crippen molar-refractivity contribution in [1.29, 1.82) is 0 Å². The Morgan fingerprint density at radius 2 is 1.79 bits per heavy atom. The lowest BCUT2D eigenvalue weighted by atomic mass is 10.0. The number of anilines is 1. The number of fused-ring (bicyclic) bond motifs is 1. The van der Waals surface area contributed by atoms with Crippen LogP contribution >= 0.6 is 0 Å². The number of hydrogen-bond acceptors (Lipinski definition) is 9. The van der Waals surface area contributed by atoms with Gasteiger partial charge in [-0.1, -0.05) is 0 Å². The van der Waals surface area contributed by atoms with Gasteiger partial charge in [-0.15, -0.1) is 0 Å². The van der Waals surface area contributed by atoms with Crippen LogP contribution in [0, 0.1) is 6.92 Å². The molecule has 0 amide bonds. The fraction of sp³-hybridized carbons (Fsp3) is 0.571. The molecule has 1 aliphatic rings. The van der Waals surface area contributed by atoms with Crippen molar-refractivity contribution >= 4 is 16.9 Å². The summed E-state index contributed by atoms with van der Waals surface area (Å²) in [5.41, 5.74) is 6.93. The third kappa shape index (κ3) is 2.53. The van der Waals surface area contributed by atoms with Gasteiger partial charge in [0.1, 0.15) is 48.3 Å². The summed E-state index contributed by atoms with van der Waals surface area (Å²) >= 11 is 0. The molecular formula is C14H20N4O6. The van der Waals surface area contributed by atoms with Crippen molar-refractivity contribution in [3.8, 4) is 0 Å². The molecule has 132 valence electrons. The lowest BCUT2D eigenvalue weighted by molar-refractivity contribution is -0.149. The monoisotopic (exact) mass is 340 g/mol. The van der Waals surface area contributed by atoms with Gasteiger partial charge < -0.3 is 40.6 Å². The van der Waals surface area contributed by atoms with Crippen molar-refractivity contribution in [2.24, 2.45) is 0 Å². The second-order valence-corrected chi connectivity index (χ2v) is 5.89. The predicted octanol–water partition coefficient (Wildman–Crippen LogP) is -2.34. The first-order chi connectivity index (χ1) is 11.4. The maximum Gasteiger partial charge on any atom is 0.164 e. The van der Waals surface area contributed by atoms with Crippen LogP contribution in [-0.2, 0) is 4.74 Å². The van der Waals surface area contributed by atoms with E-state index in [1.165, 1.54) is 10.9 Å². The van der Waals surface area contributed by atoms with Crippen LogP contribution in [0.25, 0.3) is 11.0 Å². The molecular weight excluding hydrogens is 320 g/mol. The number of nitrogens with two attached hydrogens (primary N) is 1. The number of aliphatic hydroxyl groups is 5. The van der Waals surface area contributed by atoms with Gasteiger partial charge in [-0.3, -0.25) is 0 Å². The van der Waals surface area contributed by atoms with Crippen molar-refractivity contribution in [3.63, 3.8) is 0 Å². The summed E-state index contributed by atoms with van der Waals surface area (Å²) in [6.07, 6.45) is -6.04. The number of aliphatic hydroxyl groups excluding tert-OH is 5. The molecule has 6 atom stereocenters. The second-order valence-electron chi connectivity index (χ2n) is 5.89. The number of nitrogens with zero attached hydrogens (tertiary/aromatic N) is 3. The molecule has 0 saturated carbocycles. The van der Waals surface area contributed by atoms with E-state index in [-0.39, 0.29) is 5.82 Å². The van der Waals surface area contributed by atoms with Crippen molar-refractivity contribution in [2.45, 2.75) is 43.7 Å². The van der Waals surface area contributed by atoms with Crippen LogP contribution in [0.4, 0.5) is 5.82 Å². The standard InChI is InChI=1S/C14H20N4O6/c1-5-2-18(13-7(5)12(15)16-4-17-13)14-11(23)10(22)9(21)8(20)6(3-19)24-14/h2,4,6,8-11,14,19-23H,3H2,1H3,(H2,15,16,17)/t6?,8-,9-,10?,11?,14+/m0/s1. The number of rotatable bonds is 2. The molecule has 0 aliphatic carbocycles. The van der Waals surface area contributed by atoms with Crippen molar-refractivity contribution in [3.05, 3.63) is 18.1 Å². The highest BCUT2D eigenvalue weighted by Crippen LogP contribution is 2.32. The molecule has 3 unspecified atom stereocenters.